The monoisotopic (exact) mass is 329 g/mol. The number of carbonyl (C=O) groups is 3. The van der Waals surface area contributed by atoms with Crippen LogP contribution in [0.2, 0.25) is 0 Å². The smallest absolute Gasteiger partial charge is 0.260 e. The fraction of sp³-hybridized carbons (Fsp3) is 0.643. The lowest BCUT2D eigenvalue weighted by Crippen LogP contribution is -2.72. The van der Waals surface area contributed by atoms with Crippen molar-refractivity contribution in [3.05, 3.63) is 11.3 Å². The second-order valence-electron chi connectivity index (χ2n) is 6.51. The molecule has 0 radical (unpaired) electrons. The maximum atomic E-state index is 12.6. The second-order valence-corrected chi connectivity index (χ2v) is 8.68. The highest BCUT2D eigenvalue weighted by Gasteiger charge is 2.63. The zero-order valence-electron chi connectivity index (χ0n) is 13.1. The topological polar surface area (TPSA) is 97.8 Å². The van der Waals surface area contributed by atoms with E-state index < -0.39 is 37.9 Å². The number of allylic oxidation sites excluding steroid dienone is 1. The Labute approximate surface area is 129 Å². The van der Waals surface area contributed by atoms with Gasteiger partial charge in [0.2, 0.25) is 0 Å². The number of ketones is 1. The Bertz CT molecular complexity index is 685. The van der Waals surface area contributed by atoms with E-state index in [0.717, 1.165) is 4.90 Å². The fourth-order valence-corrected chi connectivity index (χ4v) is 4.89. The SMILES string of the molecule is CO[C@H]1C(=O)N2C(C(=O)C(C)(C)C)=C(C)C(C=O)S(=O)(=O)[C@@H]12. The third kappa shape index (κ3) is 2.04. The van der Waals surface area contributed by atoms with Gasteiger partial charge in [0.1, 0.15) is 11.5 Å². The van der Waals surface area contributed by atoms with Crippen LogP contribution in [0.4, 0.5) is 0 Å². The molecular formula is C14H19NO6S. The van der Waals surface area contributed by atoms with E-state index in [1.165, 1.54) is 14.0 Å². The Kier molecular flexibility index (Phi) is 3.81. The van der Waals surface area contributed by atoms with E-state index in [1.54, 1.807) is 20.8 Å². The summed E-state index contributed by atoms with van der Waals surface area (Å²) in [5.41, 5.74) is -0.717. The van der Waals surface area contributed by atoms with Crippen LogP contribution in [0.25, 0.3) is 0 Å². The molecule has 0 aromatic heterocycles. The lowest BCUT2D eigenvalue weighted by Gasteiger charge is -2.50. The van der Waals surface area contributed by atoms with E-state index in [9.17, 15) is 22.8 Å². The van der Waals surface area contributed by atoms with Crippen LogP contribution in [0.15, 0.2) is 11.3 Å². The first-order valence-electron chi connectivity index (χ1n) is 6.79. The molecule has 0 aromatic carbocycles. The van der Waals surface area contributed by atoms with Crippen LogP contribution in [0.1, 0.15) is 27.7 Å². The number of nitrogens with zero attached hydrogens (tertiary/aromatic N) is 1. The van der Waals surface area contributed by atoms with Crippen LogP contribution in [0.3, 0.4) is 0 Å². The molecule has 0 saturated carbocycles. The normalized spacial score (nSPS) is 30.7. The molecule has 0 N–H and O–H groups in total. The van der Waals surface area contributed by atoms with Gasteiger partial charge in [-0.15, -0.1) is 0 Å². The van der Waals surface area contributed by atoms with Gasteiger partial charge < -0.3 is 9.53 Å². The third-order valence-corrected chi connectivity index (χ3v) is 6.30. The molecule has 1 unspecified atom stereocenters. The number of fused-ring (bicyclic) bond motifs is 1. The van der Waals surface area contributed by atoms with Gasteiger partial charge in [0.25, 0.3) is 5.91 Å². The molecule has 8 heteroatoms. The first-order valence-corrected chi connectivity index (χ1v) is 8.40. The van der Waals surface area contributed by atoms with Crippen molar-refractivity contribution in [1.82, 2.24) is 4.90 Å². The summed E-state index contributed by atoms with van der Waals surface area (Å²) in [7, 11) is -2.74. The molecule has 0 spiro atoms. The molecule has 122 valence electrons. The number of amides is 1. The van der Waals surface area contributed by atoms with Crippen molar-refractivity contribution in [2.24, 2.45) is 5.41 Å². The molecule has 1 saturated heterocycles. The summed E-state index contributed by atoms with van der Waals surface area (Å²) in [6.07, 6.45) is -0.878. The predicted molar refractivity (Wildman–Crippen MR) is 77.4 cm³/mol. The number of rotatable bonds is 3. The Morgan fingerprint density at radius 3 is 2.27 bits per heavy atom. The highest BCUT2D eigenvalue weighted by molar-refractivity contribution is 7.93. The van der Waals surface area contributed by atoms with E-state index in [0.29, 0.717) is 6.29 Å². The van der Waals surface area contributed by atoms with Gasteiger partial charge in [-0.1, -0.05) is 20.8 Å². The van der Waals surface area contributed by atoms with Crippen molar-refractivity contribution in [3.8, 4) is 0 Å². The Balaban J connectivity index is 2.69. The van der Waals surface area contributed by atoms with Crippen molar-refractivity contribution >= 4 is 27.8 Å². The minimum absolute atomic E-state index is 0.00252. The van der Waals surface area contributed by atoms with Crippen LogP contribution in [0.5, 0.6) is 0 Å². The van der Waals surface area contributed by atoms with Crippen molar-refractivity contribution < 1.29 is 27.5 Å². The van der Waals surface area contributed by atoms with Gasteiger partial charge in [0.05, 0.1) is 5.70 Å². The second kappa shape index (κ2) is 4.99. The number of methoxy groups -OCH3 is 1. The van der Waals surface area contributed by atoms with Crippen molar-refractivity contribution in [2.45, 2.75) is 44.4 Å². The minimum Gasteiger partial charge on any atom is -0.368 e. The summed E-state index contributed by atoms with van der Waals surface area (Å²) >= 11 is 0. The fourth-order valence-electron chi connectivity index (χ4n) is 2.76. The average Bonchev–Trinajstić information content (AvgIpc) is 2.38. The molecule has 2 aliphatic heterocycles. The third-order valence-electron chi connectivity index (χ3n) is 4.00. The quantitative estimate of drug-likeness (QED) is 0.536. The predicted octanol–water partition coefficient (Wildman–Crippen LogP) is 0.0548. The number of sulfone groups is 1. The number of hydrogen-bond donors (Lipinski definition) is 0. The molecule has 2 heterocycles. The molecule has 1 amide bonds. The van der Waals surface area contributed by atoms with E-state index in [1.807, 2.05) is 0 Å². The van der Waals surface area contributed by atoms with Crippen LogP contribution < -0.4 is 0 Å². The van der Waals surface area contributed by atoms with Gasteiger partial charge in [0.15, 0.2) is 27.1 Å². The summed E-state index contributed by atoms with van der Waals surface area (Å²) in [5, 5.41) is -2.74. The van der Waals surface area contributed by atoms with Crippen LogP contribution >= 0.6 is 0 Å². The van der Waals surface area contributed by atoms with Crippen LogP contribution in [-0.2, 0) is 29.0 Å². The van der Waals surface area contributed by atoms with Crippen molar-refractivity contribution in [1.29, 1.82) is 0 Å². The summed E-state index contributed by atoms with van der Waals surface area (Å²) in [6, 6.07) is 0. The Morgan fingerprint density at radius 1 is 1.32 bits per heavy atom. The highest BCUT2D eigenvalue weighted by Crippen LogP contribution is 2.42. The summed E-state index contributed by atoms with van der Waals surface area (Å²) in [4.78, 5) is 37.0. The van der Waals surface area contributed by atoms with Gasteiger partial charge in [-0.3, -0.25) is 14.5 Å². The van der Waals surface area contributed by atoms with Crippen molar-refractivity contribution in [3.63, 3.8) is 0 Å². The van der Waals surface area contributed by atoms with Gasteiger partial charge in [0, 0.05) is 12.5 Å². The largest absolute Gasteiger partial charge is 0.368 e. The van der Waals surface area contributed by atoms with Gasteiger partial charge in [-0.05, 0) is 12.5 Å². The number of aldehydes is 1. The number of β-lactam (4-membered cyclic amide) rings is 1. The minimum atomic E-state index is -3.97. The van der Waals surface area contributed by atoms with Crippen LogP contribution in [0, 0.1) is 5.41 Å². The number of ether oxygens (including phenoxy) is 1. The maximum Gasteiger partial charge on any atom is 0.260 e. The zero-order valence-corrected chi connectivity index (χ0v) is 13.9. The lowest BCUT2D eigenvalue weighted by atomic mass is 9.85. The summed E-state index contributed by atoms with van der Waals surface area (Å²) < 4.78 is 29.9. The highest BCUT2D eigenvalue weighted by atomic mass is 32.2. The average molecular weight is 329 g/mol. The Morgan fingerprint density at radius 2 is 1.86 bits per heavy atom. The van der Waals surface area contributed by atoms with Gasteiger partial charge >= 0.3 is 0 Å². The van der Waals surface area contributed by atoms with E-state index in [4.69, 9.17) is 4.74 Å². The summed E-state index contributed by atoms with van der Waals surface area (Å²) in [5.74, 6) is -0.952. The Hall–Kier alpha value is -1.54. The molecular weight excluding hydrogens is 310 g/mol. The van der Waals surface area contributed by atoms with Crippen LogP contribution in [-0.4, -0.2) is 55.1 Å². The molecule has 0 aromatic rings. The number of hydrogen-bond acceptors (Lipinski definition) is 6. The number of Topliss-reactive ketones (excluding diaryl/α,β-unsaturated/α-hetero) is 1. The molecule has 0 bridgehead atoms. The molecule has 2 aliphatic rings. The van der Waals surface area contributed by atoms with Gasteiger partial charge in [-0.25, -0.2) is 8.42 Å². The molecule has 22 heavy (non-hydrogen) atoms. The van der Waals surface area contributed by atoms with E-state index in [-0.39, 0.29) is 17.1 Å². The van der Waals surface area contributed by atoms with E-state index >= 15 is 0 Å². The van der Waals surface area contributed by atoms with Gasteiger partial charge in [-0.2, -0.15) is 0 Å². The lowest BCUT2D eigenvalue weighted by molar-refractivity contribution is -0.161. The first-order chi connectivity index (χ1) is 10.00. The molecule has 0 aliphatic carbocycles. The molecule has 2 rings (SSSR count). The summed E-state index contributed by atoms with van der Waals surface area (Å²) in [6.45, 7) is 6.41. The zero-order chi connectivity index (χ0) is 17.0. The molecule has 3 atom stereocenters. The maximum absolute atomic E-state index is 12.6. The molecule has 7 nitrogen and oxygen atoms in total. The number of carbonyl (C=O) groups excluding carboxylic acids is 3. The first kappa shape index (κ1) is 16.8. The molecule has 1 fully saturated rings. The standard InChI is InChI=1S/C14H19NO6S/c1-7-8(6-16)22(19,20)13-10(21-5)12(18)15(13)9(7)11(17)14(2,3)4/h6,8,10,13H,1-5H3/t8?,10-,13-/m0/s1. The van der Waals surface area contributed by atoms with Crippen molar-refractivity contribution in [2.75, 3.05) is 7.11 Å². The van der Waals surface area contributed by atoms with E-state index in [2.05, 4.69) is 0 Å².